The SMILES string of the molecule is C#CC(CC)NC(=O)Cn1cc(C(=O)O)nn1. The van der Waals surface area contributed by atoms with Gasteiger partial charge in [0, 0.05) is 0 Å². The zero-order chi connectivity index (χ0) is 12.8. The lowest BCUT2D eigenvalue weighted by atomic mass is 10.2. The first-order valence-corrected chi connectivity index (χ1v) is 4.95. The number of nitrogens with zero attached hydrogens (tertiary/aromatic N) is 3. The highest BCUT2D eigenvalue weighted by atomic mass is 16.4. The van der Waals surface area contributed by atoms with Crippen LogP contribution < -0.4 is 5.32 Å². The molecular formula is C10H12N4O3. The number of nitrogens with one attached hydrogen (secondary N) is 1. The molecule has 1 heterocycles. The Morgan fingerprint density at radius 3 is 2.88 bits per heavy atom. The second-order valence-corrected chi connectivity index (χ2v) is 3.30. The van der Waals surface area contributed by atoms with Crippen molar-refractivity contribution in [3.05, 3.63) is 11.9 Å². The van der Waals surface area contributed by atoms with E-state index in [0.29, 0.717) is 6.42 Å². The molecule has 1 aromatic rings. The molecule has 0 saturated heterocycles. The number of aromatic nitrogens is 3. The average Bonchev–Trinajstić information content (AvgIpc) is 2.74. The monoisotopic (exact) mass is 236 g/mol. The van der Waals surface area contributed by atoms with E-state index >= 15 is 0 Å². The smallest absolute Gasteiger partial charge is 0.358 e. The van der Waals surface area contributed by atoms with Gasteiger partial charge in [-0.05, 0) is 6.42 Å². The van der Waals surface area contributed by atoms with Gasteiger partial charge in [0.05, 0.1) is 12.2 Å². The highest BCUT2D eigenvalue weighted by molar-refractivity contribution is 5.84. The van der Waals surface area contributed by atoms with Crippen LogP contribution in [0.25, 0.3) is 0 Å². The summed E-state index contributed by atoms with van der Waals surface area (Å²) in [5.41, 5.74) is -0.207. The van der Waals surface area contributed by atoms with Crippen molar-refractivity contribution in [3.8, 4) is 12.3 Å². The Hall–Kier alpha value is -2.36. The molecule has 2 N–H and O–H groups in total. The summed E-state index contributed by atoms with van der Waals surface area (Å²) in [6.45, 7) is 1.74. The Balaban J connectivity index is 2.56. The highest BCUT2D eigenvalue weighted by Gasteiger charge is 2.12. The van der Waals surface area contributed by atoms with Gasteiger partial charge in [-0.25, -0.2) is 9.48 Å². The van der Waals surface area contributed by atoms with Crippen LogP contribution in [0.5, 0.6) is 0 Å². The fourth-order valence-electron chi connectivity index (χ4n) is 1.12. The Kier molecular flexibility index (Phi) is 4.22. The van der Waals surface area contributed by atoms with Crippen LogP contribution in [0.1, 0.15) is 23.8 Å². The molecule has 0 saturated carbocycles. The standard InChI is InChI=1S/C10H12N4O3/c1-3-7(4-2)11-9(15)6-14-5-8(10(16)17)12-13-14/h1,5,7H,4,6H2,2H3,(H,11,15)(H,16,17). The Labute approximate surface area is 97.8 Å². The lowest BCUT2D eigenvalue weighted by Crippen LogP contribution is -2.35. The average molecular weight is 236 g/mol. The largest absolute Gasteiger partial charge is 0.476 e. The number of carbonyl (C=O) groups is 2. The maximum absolute atomic E-state index is 11.5. The molecule has 0 spiro atoms. The van der Waals surface area contributed by atoms with E-state index in [0.717, 1.165) is 4.68 Å². The van der Waals surface area contributed by atoms with E-state index < -0.39 is 5.97 Å². The summed E-state index contributed by atoms with van der Waals surface area (Å²) in [6, 6.07) is -0.329. The van der Waals surface area contributed by atoms with E-state index in [4.69, 9.17) is 11.5 Å². The molecule has 17 heavy (non-hydrogen) atoms. The quantitative estimate of drug-likeness (QED) is 0.672. The molecule has 0 aliphatic heterocycles. The molecule has 0 aliphatic carbocycles. The molecule has 0 radical (unpaired) electrons. The minimum atomic E-state index is -1.19. The Morgan fingerprint density at radius 1 is 1.71 bits per heavy atom. The van der Waals surface area contributed by atoms with Gasteiger partial charge in [0.1, 0.15) is 6.54 Å². The van der Waals surface area contributed by atoms with E-state index in [2.05, 4.69) is 21.5 Å². The number of aromatic carboxylic acids is 1. The minimum Gasteiger partial charge on any atom is -0.476 e. The minimum absolute atomic E-state index is 0.113. The van der Waals surface area contributed by atoms with Crippen molar-refractivity contribution in [1.29, 1.82) is 0 Å². The number of hydrogen-bond donors (Lipinski definition) is 2. The van der Waals surface area contributed by atoms with Crippen molar-refractivity contribution in [2.45, 2.75) is 25.9 Å². The van der Waals surface area contributed by atoms with E-state index in [1.807, 2.05) is 6.92 Å². The number of amides is 1. The first kappa shape index (κ1) is 12.7. The molecule has 0 aromatic carbocycles. The van der Waals surface area contributed by atoms with Crippen LogP contribution in [0.3, 0.4) is 0 Å². The summed E-state index contributed by atoms with van der Waals surface area (Å²) in [6.07, 6.45) is 7.00. The highest BCUT2D eigenvalue weighted by Crippen LogP contribution is 1.94. The van der Waals surface area contributed by atoms with Gasteiger partial charge in [-0.1, -0.05) is 18.1 Å². The normalized spacial score (nSPS) is 11.5. The number of hydrogen-bond acceptors (Lipinski definition) is 4. The Bertz CT molecular complexity index is 460. The van der Waals surface area contributed by atoms with Crippen LogP contribution in [-0.2, 0) is 11.3 Å². The number of rotatable bonds is 5. The van der Waals surface area contributed by atoms with Crippen molar-refractivity contribution in [2.75, 3.05) is 0 Å². The zero-order valence-electron chi connectivity index (χ0n) is 9.25. The second-order valence-electron chi connectivity index (χ2n) is 3.30. The predicted octanol–water partition coefficient (Wildman–Crippen LogP) is -0.496. The third-order valence-corrected chi connectivity index (χ3v) is 2.01. The maximum Gasteiger partial charge on any atom is 0.358 e. The van der Waals surface area contributed by atoms with Gasteiger partial charge in [0.2, 0.25) is 5.91 Å². The van der Waals surface area contributed by atoms with Gasteiger partial charge in [-0.3, -0.25) is 4.79 Å². The summed E-state index contributed by atoms with van der Waals surface area (Å²) < 4.78 is 1.14. The third kappa shape index (κ3) is 3.61. The molecule has 0 fully saturated rings. The van der Waals surface area contributed by atoms with Crippen molar-refractivity contribution < 1.29 is 14.7 Å². The molecule has 7 heteroatoms. The predicted molar refractivity (Wildman–Crippen MR) is 58.0 cm³/mol. The molecule has 1 aromatic heterocycles. The number of carboxylic acids is 1. The third-order valence-electron chi connectivity index (χ3n) is 2.01. The summed E-state index contributed by atoms with van der Waals surface area (Å²) in [5.74, 6) is 0.896. The zero-order valence-corrected chi connectivity index (χ0v) is 9.25. The molecule has 7 nitrogen and oxygen atoms in total. The van der Waals surface area contributed by atoms with Gasteiger partial charge >= 0.3 is 5.97 Å². The van der Waals surface area contributed by atoms with E-state index in [-0.39, 0.29) is 24.2 Å². The van der Waals surface area contributed by atoms with Crippen molar-refractivity contribution in [1.82, 2.24) is 20.3 Å². The van der Waals surface area contributed by atoms with Crippen LogP contribution >= 0.6 is 0 Å². The molecule has 1 atom stereocenters. The van der Waals surface area contributed by atoms with Gasteiger partial charge in [0.15, 0.2) is 5.69 Å². The van der Waals surface area contributed by atoms with Gasteiger partial charge in [-0.2, -0.15) is 0 Å². The summed E-state index contributed by atoms with van der Waals surface area (Å²) in [5, 5.41) is 18.1. The number of terminal acetylenes is 1. The summed E-state index contributed by atoms with van der Waals surface area (Å²) in [7, 11) is 0. The van der Waals surface area contributed by atoms with Gasteiger partial charge < -0.3 is 10.4 Å². The molecule has 1 amide bonds. The first-order valence-electron chi connectivity index (χ1n) is 4.95. The lowest BCUT2D eigenvalue weighted by Gasteiger charge is -2.09. The van der Waals surface area contributed by atoms with Crippen LogP contribution in [-0.4, -0.2) is 38.0 Å². The molecule has 1 rings (SSSR count). The maximum atomic E-state index is 11.5. The fraction of sp³-hybridized carbons (Fsp3) is 0.400. The second kappa shape index (κ2) is 5.65. The Morgan fingerprint density at radius 2 is 2.41 bits per heavy atom. The van der Waals surface area contributed by atoms with E-state index in [1.54, 1.807) is 0 Å². The van der Waals surface area contributed by atoms with Crippen molar-refractivity contribution in [3.63, 3.8) is 0 Å². The number of carboxylic acid groups (broad SMARTS) is 1. The van der Waals surface area contributed by atoms with E-state index in [1.165, 1.54) is 6.20 Å². The molecule has 90 valence electrons. The summed E-state index contributed by atoms with van der Waals surface area (Å²) in [4.78, 5) is 22.0. The molecular weight excluding hydrogens is 224 g/mol. The fourth-order valence-corrected chi connectivity index (χ4v) is 1.12. The van der Waals surface area contributed by atoms with Gasteiger partial charge in [0.25, 0.3) is 0 Å². The topological polar surface area (TPSA) is 97.1 Å². The van der Waals surface area contributed by atoms with Crippen LogP contribution in [0.15, 0.2) is 6.20 Å². The van der Waals surface area contributed by atoms with E-state index in [9.17, 15) is 9.59 Å². The van der Waals surface area contributed by atoms with Gasteiger partial charge in [-0.15, -0.1) is 11.5 Å². The molecule has 0 aliphatic rings. The molecule has 1 unspecified atom stereocenters. The van der Waals surface area contributed by atoms with Crippen molar-refractivity contribution >= 4 is 11.9 Å². The summed E-state index contributed by atoms with van der Waals surface area (Å²) >= 11 is 0. The van der Waals surface area contributed by atoms with Crippen LogP contribution in [0.2, 0.25) is 0 Å². The lowest BCUT2D eigenvalue weighted by molar-refractivity contribution is -0.122. The van der Waals surface area contributed by atoms with Crippen molar-refractivity contribution in [2.24, 2.45) is 0 Å². The van der Waals surface area contributed by atoms with Crippen LogP contribution in [0.4, 0.5) is 0 Å². The number of carbonyl (C=O) groups excluding carboxylic acids is 1. The first-order chi connectivity index (χ1) is 8.06. The van der Waals surface area contributed by atoms with Crippen LogP contribution in [0, 0.1) is 12.3 Å². The molecule has 0 bridgehead atoms.